The second-order valence-corrected chi connectivity index (χ2v) is 2.70. The third kappa shape index (κ3) is 2.62. The number of nitrogens with zero attached hydrogens (tertiary/aromatic N) is 2. The van der Waals surface area contributed by atoms with Crippen LogP contribution in [0.4, 0.5) is 5.69 Å². The van der Waals surface area contributed by atoms with Crippen LogP contribution in [0.5, 0.6) is 0 Å². The van der Waals surface area contributed by atoms with Gasteiger partial charge in [0.1, 0.15) is 0 Å². The summed E-state index contributed by atoms with van der Waals surface area (Å²) in [7, 11) is 1.91. The summed E-state index contributed by atoms with van der Waals surface area (Å²) >= 11 is 0. The van der Waals surface area contributed by atoms with E-state index < -0.39 is 0 Å². The summed E-state index contributed by atoms with van der Waals surface area (Å²) in [5.74, 6) is 0. The zero-order valence-electron chi connectivity index (χ0n) is 7.36. The molecule has 0 saturated carbocycles. The summed E-state index contributed by atoms with van der Waals surface area (Å²) in [4.78, 5) is 4.17. The Balaban J connectivity index is 3.32. The molecule has 0 aliphatic carbocycles. The molecule has 2 N–H and O–H groups in total. The molecule has 1 rings (SSSR count). The van der Waals surface area contributed by atoms with Gasteiger partial charge in [-0.1, -0.05) is 0 Å². The number of aromatic nitrogens is 2. The van der Waals surface area contributed by atoms with Crippen molar-refractivity contribution in [2.45, 2.75) is 6.92 Å². The van der Waals surface area contributed by atoms with Gasteiger partial charge in [-0.3, -0.25) is 0 Å². The molecule has 0 unspecified atom stereocenters. The lowest BCUT2D eigenvalue weighted by molar-refractivity contribution is 0.872. The minimum absolute atomic E-state index is 0.728. The van der Waals surface area contributed by atoms with Crippen molar-refractivity contribution in [3.63, 3.8) is 0 Å². The number of rotatable bonds is 0. The molecule has 12 heavy (non-hydrogen) atoms. The summed E-state index contributed by atoms with van der Waals surface area (Å²) in [6.07, 6.45) is 3.61. The molecule has 0 radical (unpaired) electrons. The van der Waals surface area contributed by atoms with Crippen LogP contribution in [-0.4, -0.2) is 9.55 Å². The van der Waals surface area contributed by atoms with E-state index in [4.69, 9.17) is 5.73 Å². The van der Waals surface area contributed by atoms with Crippen LogP contribution in [0.15, 0.2) is 30.7 Å². The predicted molar refractivity (Wildman–Crippen MR) is 50.0 cm³/mol. The number of aryl methyl sites for hydroxylation is 2. The second-order valence-electron chi connectivity index (χ2n) is 2.70. The molecule has 3 nitrogen and oxygen atoms in total. The van der Waals surface area contributed by atoms with Gasteiger partial charge in [-0.2, -0.15) is 0 Å². The maximum Gasteiger partial charge on any atom is 0.0945 e. The highest BCUT2D eigenvalue weighted by Gasteiger charge is 1.79. The lowest BCUT2D eigenvalue weighted by Gasteiger charge is -1.88. The molecule has 0 aliphatic rings. The summed E-state index contributed by atoms with van der Waals surface area (Å²) in [5.41, 5.74) is 7.31. The Bertz CT molecular complexity index is 237. The third-order valence-corrected chi connectivity index (χ3v) is 1.46. The van der Waals surface area contributed by atoms with Crippen molar-refractivity contribution in [3.05, 3.63) is 36.4 Å². The highest BCUT2D eigenvalue weighted by atomic mass is 14.9. The molecule has 64 valence electrons. The van der Waals surface area contributed by atoms with Gasteiger partial charge in [0.15, 0.2) is 0 Å². The van der Waals surface area contributed by atoms with Gasteiger partial charge >= 0.3 is 0 Å². The molecular weight excluding hydrogens is 150 g/mol. The summed E-state index contributed by atoms with van der Waals surface area (Å²) in [5, 5.41) is 0. The molecule has 3 heteroatoms. The lowest BCUT2D eigenvalue weighted by atomic mass is 10.4. The van der Waals surface area contributed by atoms with Crippen LogP contribution in [0.3, 0.4) is 0 Å². The van der Waals surface area contributed by atoms with E-state index in [0.29, 0.717) is 0 Å². The van der Waals surface area contributed by atoms with Crippen molar-refractivity contribution in [2.75, 3.05) is 5.73 Å². The van der Waals surface area contributed by atoms with Gasteiger partial charge in [-0.25, -0.2) is 4.98 Å². The van der Waals surface area contributed by atoms with E-state index in [1.54, 1.807) is 6.33 Å². The van der Waals surface area contributed by atoms with Crippen molar-refractivity contribution in [1.29, 1.82) is 0 Å². The first kappa shape index (κ1) is 8.59. The van der Waals surface area contributed by atoms with Gasteiger partial charge in [0.25, 0.3) is 0 Å². The molecule has 1 aromatic heterocycles. The maximum absolute atomic E-state index is 5.65. The van der Waals surface area contributed by atoms with Gasteiger partial charge < -0.3 is 10.3 Å². The van der Waals surface area contributed by atoms with Gasteiger partial charge in [0.05, 0.1) is 6.33 Å². The average molecular weight is 163 g/mol. The number of hydrogen-bond acceptors (Lipinski definition) is 2. The SMILES string of the molecule is Cc1ccc(N)ccn(C)cn1. The number of anilines is 1. The summed E-state index contributed by atoms with van der Waals surface area (Å²) in [6.45, 7) is 1.93. The lowest BCUT2D eigenvalue weighted by Crippen LogP contribution is -1.85. The topological polar surface area (TPSA) is 43.8 Å². The van der Waals surface area contributed by atoms with Crippen LogP contribution >= 0.6 is 0 Å². The minimum Gasteiger partial charge on any atom is -0.399 e. The molecule has 1 heterocycles. The molecule has 0 aliphatic heterocycles. The highest BCUT2D eigenvalue weighted by Crippen LogP contribution is 1.95. The minimum atomic E-state index is 0.728. The van der Waals surface area contributed by atoms with E-state index in [2.05, 4.69) is 4.98 Å². The van der Waals surface area contributed by atoms with E-state index in [1.807, 2.05) is 42.9 Å². The fourth-order valence-electron chi connectivity index (χ4n) is 0.740. The van der Waals surface area contributed by atoms with E-state index in [0.717, 1.165) is 11.4 Å². The molecule has 1 aromatic rings. The first-order chi connectivity index (χ1) is 5.68. The molecule has 0 spiro atoms. The molecule has 0 fully saturated rings. The highest BCUT2D eigenvalue weighted by molar-refractivity contribution is 5.33. The van der Waals surface area contributed by atoms with E-state index in [9.17, 15) is 0 Å². The fraction of sp³-hybridized carbons (Fsp3) is 0.222. The Kier molecular flexibility index (Phi) is 2.69. The fourth-order valence-corrected chi connectivity index (χ4v) is 0.740. The van der Waals surface area contributed by atoms with E-state index >= 15 is 0 Å². The smallest absolute Gasteiger partial charge is 0.0945 e. The van der Waals surface area contributed by atoms with Crippen LogP contribution in [-0.2, 0) is 7.05 Å². The van der Waals surface area contributed by atoms with Crippen LogP contribution < -0.4 is 5.73 Å². The first-order valence-electron chi connectivity index (χ1n) is 3.77. The van der Waals surface area contributed by atoms with Crippen LogP contribution in [0.25, 0.3) is 0 Å². The molecule has 0 atom stereocenters. The Morgan fingerprint density at radius 1 is 1.33 bits per heavy atom. The quantitative estimate of drug-likeness (QED) is 0.628. The standard InChI is InChI=1S/C9H13N3/c1-8-3-4-9(10)5-6-12(2)7-11-8/h3-7H,10H2,1-2H3. The number of nitrogens with two attached hydrogens (primary N) is 1. The molecule has 0 bridgehead atoms. The van der Waals surface area contributed by atoms with E-state index in [1.165, 1.54) is 0 Å². The Morgan fingerprint density at radius 2 is 2.08 bits per heavy atom. The Morgan fingerprint density at radius 3 is 2.83 bits per heavy atom. The van der Waals surface area contributed by atoms with Crippen LogP contribution in [0, 0.1) is 6.92 Å². The van der Waals surface area contributed by atoms with Crippen molar-refractivity contribution in [2.24, 2.45) is 7.05 Å². The van der Waals surface area contributed by atoms with Gasteiger partial charge in [0, 0.05) is 24.6 Å². The zero-order chi connectivity index (χ0) is 8.97. The van der Waals surface area contributed by atoms with Crippen molar-refractivity contribution >= 4 is 5.69 Å². The zero-order valence-corrected chi connectivity index (χ0v) is 7.36. The number of hydrogen-bond donors (Lipinski definition) is 1. The van der Waals surface area contributed by atoms with Crippen molar-refractivity contribution < 1.29 is 0 Å². The Labute approximate surface area is 72.2 Å². The average Bonchev–Trinajstić information content (AvgIpc) is 2.11. The van der Waals surface area contributed by atoms with Crippen molar-refractivity contribution in [3.8, 4) is 0 Å². The molecule has 0 saturated heterocycles. The third-order valence-electron chi connectivity index (χ3n) is 1.46. The van der Waals surface area contributed by atoms with Gasteiger partial charge in [0.2, 0.25) is 0 Å². The second kappa shape index (κ2) is 3.76. The summed E-state index contributed by atoms with van der Waals surface area (Å²) in [6, 6.07) is 5.55. The largest absolute Gasteiger partial charge is 0.399 e. The number of nitrogen functional groups attached to an aromatic ring is 1. The predicted octanol–water partition coefficient (Wildman–Crippen LogP) is 1.44. The molecule has 0 aromatic carbocycles. The molecule has 0 amide bonds. The van der Waals surface area contributed by atoms with Crippen LogP contribution in [0.1, 0.15) is 5.69 Å². The Hall–Kier alpha value is -1.51. The maximum atomic E-state index is 5.65. The van der Waals surface area contributed by atoms with Gasteiger partial charge in [-0.05, 0) is 25.1 Å². The normalized spacial score (nSPS) is 9.17. The first-order valence-corrected chi connectivity index (χ1v) is 3.77. The van der Waals surface area contributed by atoms with Crippen LogP contribution in [0.2, 0.25) is 0 Å². The molecular formula is C9H13N3. The summed E-state index contributed by atoms with van der Waals surface area (Å²) < 4.78 is 1.85. The van der Waals surface area contributed by atoms with Gasteiger partial charge in [-0.15, -0.1) is 0 Å². The van der Waals surface area contributed by atoms with E-state index in [-0.39, 0.29) is 0 Å². The monoisotopic (exact) mass is 163 g/mol. The van der Waals surface area contributed by atoms with Crippen molar-refractivity contribution in [1.82, 2.24) is 9.55 Å².